The number of para-hydroxylation sites is 1. The Bertz CT molecular complexity index is 892. The SMILES string of the molecule is COC(=O)C1=C(C)NC(C)=C(C(=O)OC(C)(C)C)C1c1ccccc1[N+](=O)[O-]. The molecule has 0 aliphatic carbocycles. The number of carbonyl (C=O) groups is 2. The lowest BCUT2D eigenvalue weighted by atomic mass is 9.79. The highest BCUT2D eigenvalue weighted by atomic mass is 16.6. The molecule has 0 saturated carbocycles. The quantitative estimate of drug-likeness (QED) is 0.479. The van der Waals surface area contributed by atoms with E-state index >= 15 is 0 Å². The summed E-state index contributed by atoms with van der Waals surface area (Å²) in [6, 6.07) is 6.02. The number of carbonyl (C=O) groups excluding carboxylic acids is 2. The van der Waals surface area contributed by atoms with Gasteiger partial charge in [0, 0.05) is 23.0 Å². The fourth-order valence-electron chi connectivity index (χ4n) is 3.19. The van der Waals surface area contributed by atoms with Crippen molar-refractivity contribution in [1.82, 2.24) is 5.32 Å². The minimum atomic E-state index is -0.995. The lowest BCUT2D eigenvalue weighted by molar-refractivity contribution is -0.385. The van der Waals surface area contributed by atoms with E-state index in [0.29, 0.717) is 11.4 Å². The Balaban J connectivity index is 2.76. The van der Waals surface area contributed by atoms with Crippen LogP contribution in [0.1, 0.15) is 46.1 Å². The summed E-state index contributed by atoms with van der Waals surface area (Å²) in [5.41, 5.74) is 0.423. The maximum atomic E-state index is 13.0. The monoisotopic (exact) mass is 388 g/mol. The van der Waals surface area contributed by atoms with Gasteiger partial charge in [-0.1, -0.05) is 18.2 Å². The van der Waals surface area contributed by atoms with Crippen molar-refractivity contribution in [2.75, 3.05) is 7.11 Å². The molecule has 2 rings (SSSR count). The predicted octanol–water partition coefficient (Wildman–Crippen LogP) is 3.34. The first-order valence-corrected chi connectivity index (χ1v) is 8.71. The van der Waals surface area contributed by atoms with Gasteiger partial charge < -0.3 is 14.8 Å². The summed E-state index contributed by atoms with van der Waals surface area (Å²) in [6.45, 7) is 8.49. The fourth-order valence-corrected chi connectivity index (χ4v) is 3.19. The smallest absolute Gasteiger partial charge is 0.337 e. The average Bonchev–Trinajstić information content (AvgIpc) is 2.58. The van der Waals surface area contributed by atoms with E-state index in [1.807, 2.05) is 0 Å². The number of nitro groups is 1. The molecular weight excluding hydrogens is 364 g/mol. The number of benzene rings is 1. The van der Waals surface area contributed by atoms with Crippen molar-refractivity contribution in [1.29, 1.82) is 0 Å². The molecule has 0 radical (unpaired) electrons. The van der Waals surface area contributed by atoms with E-state index in [-0.39, 0.29) is 22.4 Å². The van der Waals surface area contributed by atoms with E-state index in [1.165, 1.54) is 25.3 Å². The molecule has 1 unspecified atom stereocenters. The second-order valence-electron chi connectivity index (χ2n) is 7.44. The van der Waals surface area contributed by atoms with Gasteiger partial charge in [-0.15, -0.1) is 0 Å². The van der Waals surface area contributed by atoms with Crippen LogP contribution in [0, 0.1) is 10.1 Å². The first kappa shape index (κ1) is 21.1. The van der Waals surface area contributed by atoms with Crippen molar-refractivity contribution in [3.8, 4) is 0 Å². The molecule has 1 N–H and O–H groups in total. The zero-order valence-electron chi connectivity index (χ0n) is 16.8. The van der Waals surface area contributed by atoms with Gasteiger partial charge in [0.1, 0.15) is 5.60 Å². The molecule has 1 aliphatic rings. The van der Waals surface area contributed by atoms with E-state index in [9.17, 15) is 19.7 Å². The Morgan fingerprint density at radius 3 is 2.11 bits per heavy atom. The molecule has 0 amide bonds. The number of hydrogen-bond donors (Lipinski definition) is 1. The number of nitro benzene ring substituents is 1. The molecule has 1 aromatic rings. The minimum absolute atomic E-state index is 0.128. The standard InChI is InChI=1S/C20H24N2O6/c1-11-15(18(23)27-6)17(13-9-7-8-10-14(13)22(25)26)16(12(2)21-11)19(24)28-20(3,4)5/h7-10,17,21H,1-6H3. The molecule has 0 spiro atoms. The zero-order chi connectivity index (χ0) is 21.2. The number of rotatable bonds is 4. The van der Waals surface area contributed by atoms with Gasteiger partial charge >= 0.3 is 11.9 Å². The topological polar surface area (TPSA) is 108 Å². The predicted molar refractivity (Wildman–Crippen MR) is 102 cm³/mol. The molecule has 8 nitrogen and oxygen atoms in total. The number of dihydropyridines is 1. The summed E-state index contributed by atoms with van der Waals surface area (Å²) in [6.07, 6.45) is 0. The number of ether oxygens (including phenoxy) is 2. The Hall–Kier alpha value is -3.16. The molecule has 0 bridgehead atoms. The second-order valence-corrected chi connectivity index (χ2v) is 7.44. The maximum Gasteiger partial charge on any atom is 0.337 e. The minimum Gasteiger partial charge on any atom is -0.466 e. The Morgan fingerprint density at radius 2 is 1.61 bits per heavy atom. The Kier molecular flexibility index (Phi) is 5.92. The van der Waals surface area contributed by atoms with Crippen molar-refractivity contribution >= 4 is 17.6 Å². The first-order valence-electron chi connectivity index (χ1n) is 8.71. The second kappa shape index (κ2) is 7.84. The maximum absolute atomic E-state index is 13.0. The normalized spacial score (nSPS) is 17.1. The van der Waals surface area contributed by atoms with E-state index in [1.54, 1.807) is 40.7 Å². The number of nitrogens with one attached hydrogen (secondary N) is 1. The summed E-state index contributed by atoms with van der Waals surface area (Å²) < 4.78 is 10.4. The van der Waals surface area contributed by atoms with Crippen LogP contribution in [0.25, 0.3) is 0 Å². The highest BCUT2D eigenvalue weighted by Gasteiger charge is 2.41. The Morgan fingerprint density at radius 1 is 1.07 bits per heavy atom. The summed E-state index contributed by atoms with van der Waals surface area (Å²) in [5.74, 6) is -2.33. The molecule has 1 heterocycles. The Labute approximate surface area is 163 Å². The van der Waals surface area contributed by atoms with Crippen molar-refractivity contribution in [3.05, 3.63) is 62.5 Å². The van der Waals surface area contributed by atoms with Gasteiger partial charge in [-0.05, 0) is 34.6 Å². The summed E-state index contributed by atoms with van der Waals surface area (Å²) in [7, 11) is 1.22. The van der Waals surface area contributed by atoms with Gasteiger partial charge in [-0.25, -0.2) is 9.59 Å². The number of methoxy groups -OCH3 is 1. The number of hydrogen-bond acceptors (Lipinski definition) is 7. The van der Waals surface area contributed by atoms with Crippen molar-refractivity contribution < 1.29 is 24.0 Å². The van der Waals surface area contributed by atoms with Crippen LogP contribution in [-0.2, 0) is 19.1 Å². The summed E-state index contributed by atoms with van der Waals surface area (Å²) >= 11 is 0. The van der Waals surface area contributed by atoms with Crippen LogP contribution in [0.5, 0.6) is 0 Å². The van der Waals surface area contributed by atoms with Gasteiger partial charge in [0.25, 0.3) is 5.69 Å². The van der Waals surface area contributed by atoms with E-state index in [4.69, 9.17) is 9.47 Å². The first-order chi connectivity index (χ1) is 13.0. The van der Waals surface area contributed by atoms with Crippen molar-refractivity contribution in [2.45, 2.75) is 46.1 Å². The molecule has 150 valence electrons. The molecule has 28 heavy (non-hydrogen) atoms. The highest BCUT2D eigenvalue weighted by Crippen LogP contribution is 2.42. The van der Waals surface area contributed by atoms with Crippen LogP contribution in [0.2, 0.25) is 0 Å². The fraction of sp³-hybridized carbons (Fsp3) is 0.400. The molecule has 1 aromatic carbocycles. The highest BCUT2D eigenvalue weighted by molar-refractivity contribution is 6.00. The molecule has 1 atom stereocenters. The van der Waals surface area contributed by atoms with Crippen LogP contribution >= 0.6 is 0 Å². The lowest BCUT2D eigenvalue weighted by Crippen LogP contribution is -2.35. The number of allylic oxidation sites excluding steroid dienone is 2. The van der Waals surface area contributed by atoms with Crippen LogP contribution < -0.4 is 5.32 Å². The van der Waals surface area contributed by atoms with Gasteiger partial charge in [-0.3, -0.25) is 10.1 Å². The van der Waals surface area contributed by atoms with Gasteiger partial charge in [0.2, 0.25) is 0 Å². The van der Waals surface area contributed by atoms with Gasteiger partial charge in [0.15, 0.2) is 0 Å². The summed E-state index contributed by atoms with van der Waals surface area (Å²) in [4.78, 5) is 36.6. The molecular formula is C20H24N2O6. The molecule has 8 heteroatoms. The largest absolute Gasteiger partial charge is 0.466 e. The third-order valence-electron chi connectivity index (χ3n) is 4.23. The summed E-state index contributed by atoms with van der Waals surface area (Å²) in [5, 5.41) is 14.6. The molecule has 1 aliphatic heterocycles. The molecule has 0 saturated heterocycles. The average molecular weight is 388 g/mol. The third-order valence-corrected chi connectivity index (χ3v) is 4.23. The van der Waals surface area contributed by atoms with Crippen LogP contribution in [0.3, 0.4) is 0 Å². The van der Waals surface area contributed by atoms with Crippen molar-refractivity contribution in [3.63, 3.8) is 0 Å². The third kappa shape index (κ3) is 4.21. The van der Waals surface area contributed by atoms with Crippen molar-refractivity contribution in [2.24, 2.45) is 0 Å². The van der Waals surface area contributed by atoms with E-state index in [0.717, 1.165) is 0 Å². The molecule has 0 fully saturated rings. The number of nitrogens with zero attached hydrogens (tertiary/aromatic N) is 1. The van der Waals surface area contributed by atoms with Gasteiger partial charge in [0.05, 0.1) is 29.1 Å². The van der Waals surface area contributed by atoms with Crippen LogP contribution in [0.15, 0.2) is 46.8 Å². The van der Waals surface area contributed by atoms with Crippen LogP contribution in [-0.4, -0.2) is 29.6 Å². The molecule has 0 aromatic heterocycles. The van der Waals surface area contributed by atoms with Crippen LogP contribution in [0.4, 0.5) is 5.69 Å². The number of esters is 2. The lowest BCUT2D eigenvalue weighted by Gasteiger charge is -2.31. The van der Waals surface area contributed by atoms with E-state index in [2.05, 4.69) is 5.32 Å². The zero-order valence-corrected chi connectivity index (χ0v) is 16.8. The van der Waals surface area contributed by atoms with E-state index < -0.39 is 28.4 Å². The van der Waals surface area contributed by atoms with Gasteiger partial charge in [-0.2, -0.15) is 0 Å².